The maximum atomic E-state index is 11.8. The molecule has 7 heteroatoms. The Kier molecular flexibility index (Phi) is 5.87. The summed E-state index contributed by atoms with van der Waals surface area (Å²) in [5.74, 6) is 0.922. The van der Waals surface area contributed by atoms with Crippen LogP contribution in [-0.2, 0) is 11.8 Å². The lowest BCUT2D eigenvalue weighted by Crippen LogP contribution is -2.10. The van der Waals surface area contributed by atoms with Crippen molar-refractivity contribution >= 4 is 29.3 Å². The van der Waals surface area contributed by atoms with Crippen molar-refractivity contribution in [2.75, 3.05) is 27.4 Å². The maximum Gasteiger partial charge on any atom is 0.354 e. The summed E-state index contributed by atoms with van der Waals surface area (Å²) in [5.41, 5.74) is 6.67. The number of methoxy groups -OCH3 is 2. The van der Waals surface area contributed by atoms with E-state index in [-0.39, 0.29) is 12.4 Å². The summed E-state index contributed by atoms with van der Waals surface area (Å²) in [6.07, 6.45) is 0. The molecule has 2 N–H and O–H groups in total. The van der Waals surface area contributed by atoms with Gasteiger partial charge in [0.25, 0.3) is 0 Å². The van der Waals surface area contributed by atoms with E-state index in [1.54, 1.807) is 36.9 Å². The summed E-state index contributed by atoms with van der Waals surface area (Å²) in [6.45, 7) is 0.827. The van der Waals surface area contributed by atoms with E-state index in [1.807, 2.05) is 0 Å². The lowest BCUT2D eigenvalue weighted by atomic mass is 10.2. The lowest BCUT2D eigenvalue weighted by Gasteiger charge is -2.10. The molecule has 0 radical (unpaired) electrons. The second-order valence-electron chi connectivity index (χ2n) is 4.25. The number of nitrogens with two attached hydrogens (primary N) is 1. The molecule has 116 valence electrons. The van der Waals surface area contributed by atoms with Gasteiger partial charge in [0.1, 0.15) is 23.8 Å². The SMILES string of the molecule is COC(=O)c1cc2c(OCCN)ccc(OC)c2n1C.Cl. The summed E-state index contributed by atoms with van der Waals surface area (Å²) < 4.78 is 17.5. The Morgan fingerprint density at radius 1 is 1.29 bits per heavy atom. The van der Waals surface area contributed by atoms with Crippen LogP contribution < -0.4 is 15.2 Å². The first-order valence-corrected chi connectivity index (χ1v) is 6.21. The highest BCUT2D eigenvalue weighted by Gasteiger charge is 2.19. The molecule has 0 aliphatic rings. The number of hydrogen-bond donors (Lipinski definition) is 1. The van der Waals surface area contributed by atoms with E-state index in [9.17, 15) is 4.79 Å². The number of halogens is 1. The van der Waals surface area contributed by atoms with E-state index in [2.05, 4.69) is 0 Å². The molecule has 0 fully saturated rings. The highest BCUT2D eigenvalue weighted by atomic mass is 35.5. The number of rotatable bonds is 5. The van der Waals surface area contributed by atoms with Crippen LogP contribution in [0, 0.1) is 0 Å². The summed E-state index contributed by atoms with van der Waals surface area (Å²) in [4.78, 5) is 11.8. The van der Waals surface area contributed by atoms with Crippen LogP contribution in [0.15, 0.2) is 18.2 Å². The molecule has 6 nitrogen and oxygen atoms in total. The van der Waals surface area contributed by atoms with E-state index in [1.165, 1.54) is 7.11 Å². The highest BCUT2D eigenvalue weighted by Crippen LogP contribution is 2.35. The molecule has 21 heavy (non-hydrogen) atoms. The monoisotopic (exact) mass is 314 g/mol. The van der Waals surface area contributed by atoms with Gasteiger partial charge in [0, 0.05) is 19.0 Å². The van der Waals surface area contributed by atoms with Crippen molar-refractivity contribution in [2.24, 2.45) is 12.8 Å². The van der Waals surface area contributed by atoms with E-state index in [0.29, 0.717) is 30.3 Å². The molecule has 0 aliphatic carbocycles. The number of nitrogens with zero attached hydrogens (tertiary/aromatic N) is 1. The molecular weight excluding hydrogens is 296 g/mol. The average molecular weight is 315 g/mol. The summed E-state index contributed by atoms with van der Waals surface area (Å²) in [7, 11) is 4.72. The largest absolute Gasteiger partial charge is 0.495 e. The molecule has 2 aromatic rings. The molecular formula is C14H19ClN2O4. The number of aromatic nitrogens is 1. The predicted octanol–water partition coefficient (Wildman–Crippen LogP) is 1.73. The second kappa shape index (κ2) is 7.19. The highest BCUT2D eigenvalue weighted by molar-refractivity contribution is 6.00. The predicted molar refractivity (Wildman–Crippen MR) is 82.6 cm³/mol. The first-order valence-electron chi connectivity index (χ1n) is 6.21. The molecule has 0 amide bonds. The van der Waals surface area contributed by atoms with Gasteiger partial charge in [0.2, 0.25) is 0 Å². The zero-order valence-electron chi connectivity index (χ0n) is 12.2. The molecule has 0 spiro atoms. The Balaban J connectivity index is 0.00000220. The summed E-state index contributed by atoms with van der Waals surface area (Å²) in [6, 6.07) is 5.34. The Labute approximate surface area is 129 Å². The van der Waals surface area contributed by atoms with E-state index in [4.69, 9.17) is 19.9 Å². The number of esters is 1. The fraction of sp³-hybridized carbons (Fsp3) is 0.357. The van der Waals surface area contributed by atoms with Gasteiger partial charge < -0.3 is 24.5 Å². The molecule has 1 aromatic heterocycles. The van der Waals surface area contributed by atoms with Gasteiger partial charge in [0.05, 0.1) is 19.7 Å². The Hall–Kier alpha value is -1.92. The molecule has 1 aromatic carbocycles. The molecule has 0 saturated heterocycles. The lowest BCUT2D eigenvalue weighted by molar-refractivity contribution is 0.0590. The Bertz CT molecular complexity index is 639. The molecule has 0 atom stereocenters. The standard InChI is InChI=1S/C14H18N2O4.ClH/c1-16-10(14(17)19-3)8-9-11(20-7-6-15)4-5-12(18-2)13(9)16;/h4-5,8H,6-7,15H2,1-3H3;1H. The normalized spacial score (nSPS) is 10.1. The number of aryl methyl sites for hydroxylation is 1. The quantitative estimate of drug-likeness (QED) is 0.851. The van der Waals surface area contributed by atoms with Crippen LogP contribution >= 0.6 is 12.4 Å². The van der Waals surface area contributed by atoms with Crippen molar-refractivity contribution in [3.63, 3.8) is 0 Å². The zero-order chi connectivity index (χ0) is 14.7. The van der Waals surface area contributed by atoms with Gasteiger partial charge in [-0.2, -0.15) is 0 Å². The van der Waals surface area contributed by atoms with E-state index in [0.717, 1.165) is 10.9 Å². The van der Waals surface area contributed by atoms with Gasteiger partial charge in [-0.3, -0.25) is 0 Å². The number of hydrogen-bond acceptors (Lipinski definition) is 5. The van der Waals surface area contributed by atoms with Crippen molar-refractivity contribution in [1.29, 1.82) is 0 Å². The minimum absolute atomic E-state index is 0. The van der Waals surface area contributed by atoms with Crippen LogP contribution in [0.3, 0.4) is 0 Å². The number of benzene rings is 1. The number of fused-ring (bicyclic) bond motifs is 1. The molecule has 0 unspecified atom stereocenters. The van der Waals surface area contributed by atoms with Crippen LogP contribution in [0.25, 0.3) is 10.9 Å². The topological polar surface area (TPSA) is 75.7 Å². The number of ether oxygens (including phenoxy) is 3. The third-order valence-corrected chi connectivity index (χ3v) is 3.11. The van der Waals surface area contributed by atoms with Crippen LogP contribution in [-0.4, -0.2) is 37.9 Å². The Morgan fingerprint density at radius 3 is 2.52 bits per heavy atom. The minimum atomic E-state index is -0.407. The molecule has 1 heterocycles. The molecule has 0 bridgehead atoms. The first-order chi connectivity index (χ1) is 9.63. The number of carbonyl (C=O) groups excluding carboxylic acids is 1. The summed E-state index contributed by atoms with van der Waals surface area (Å²) >= 11 is 0. The van der Waals surface area contributed by atoms with Gasteiger partial charge in [-0.25, -0.2) is 4.79 Å². The fourth-order valence-corrected chi connectivity index (χ4v) is 2.17. The van der Waals surface area contributed by atoms with Gasteiger partial charge in [0.15, 0.2) is 0 Å². The summed E-state index contributed by atoms with van der Waals surface area (Å²) in [5, 5.41) is 0.792. The maximum absolute atomic E-state index is 11.8. The van der Waals surface area contributed by atoms with Crippen LogP contribution in [0.5, 0.6) is 11.5 Å². The first kappa shape index (κ1) is 17.1. The van der Waals surface area contributed by atoms with Gasteiger partial charge >= 0.3 is 5.97 Å². The smallest absolute Gasteiger partial charge is 0.354 e. The van der Waals surface area contributed by atoms with Crippen molar-refractivity contribution in [3.8, 4) is 11.5 Å². The third-order valence-electron chi connectivity index (χ3n) is 3.11. The van der Waals surface area contributed by atoms with E-state index < -0.39 is 5.97 Å². The van der Waals surface area contributed by atoms with Crippen LogP contribution in [0.1, 0.15) is 10.5 Å². The zero-order valence-corrected chi connectivity index (χ0v) is 13.0. The fourth-order valence-electron chi connectivity index (χ4n) is 2.17. The average Bonchev–Trinajstić information content (AvgIpc) is 2.82. The third kappa shape index (κ3) is 3.06. The number of carbonyl (C=O) groups is 1. The second-order valence-corrected chi connectivity index (χ2v) is 4.25. The van der Waals surface area contributed by atoms with Crippen molar-refractivity contribution < 1.29 is 19.0 Å². The minimum Gasteiger partial charge on any atom is -0.495 e. The van der Waals surface area contributed by atoms with Crippen molar-refractivity contribution in [3.05, 3.63) is 23.9 Å². The molecule has 0 saturated carbocycles. The Morgan fingerprint density at radius 2 is 1.95 bits per heavy atom. The molecule has 0 aliphatic heterocycles. The van der Waals surface area contributed by atoms with Crippen LogP contribution in [0.4, 0.5) is 0 Å². The van der Waals surface area contributed by atoms with Gasteiger partial charge in [-0.1, -0.05) is 0 Å². The van der Waals surface area contributed by atoms with E-state index >= 15 is 0 Å². The van der Waals surface area contributed by atoms with Crippen molar-refractivity contribution in [2.45, 2.75) is 0 Å². The molecule has 2 rings (SSSR count). The van der Waals surface area contributed by atoms with Crippen molar-refractivity contribution in [1.82, 2.24) is 4.57 Å². The van der Waals surface area contributed by atoms with Gasteiger partial charge in [-0.05, 0) is 18.2 Å². The van der Waals surface area contributed by atoms with Gasteiger partial charge in [-0.15, -0.1) is 12.4 Å². The van der Waals surface area contributed by atoms with Crippen LogP contribution in [0.2, 0.25) is 0 Å².